The first-order chi connectivity index (χ1) is 9.61. The van der Waals surface area contributed by atoms with Gasteiger partial charge in [-0.3, -0.25) is 9.59 Å². The number of nitrogens with zero attached hydrogens (tertiary/aromatic N) is 1. The van der Waals surface area contributed by atoms with Gasteiger partial charge in [0.25, 0.3) is 0 Å². The number of nitrogens with one attached hydrogen (secondary N) is 1. The van der Waals surface area contributed by atoms with E-state index in [-0.39, 0.29) is 11.8 Å². The molecule has 0 fully saturated rings. The minimum Gasteiger partial charge on any atom is -0.323 e. The Bertz CT molecular complexity index is 588. The summed E-state index contributed by atoms with van der Waals surface area (Å²) in [6, 6.07) is 5.62. The number of allylic oxidation sites excluding steroid dienone is 3. The van der Waals surface area contributed by atoms with Crippen LogP contribution in [-0.2, 0) is 16.0 Å². The van der Waals surface area contributed by atoms with Crippen LogP contribution in [0.5, 0.6) is 0 Å². The molecule has 104 valence electrons. The Balaban J connectivity index is 2.12. The molecule has 2 rings (SSSR count). The Morgan fingerprint density at radius 2 is 2.10 bits per heavy atom. The largest absolute Gasteiger partial charge is 0.323 e. The lowest BCUT2D eigenvalue weighted by Gasteiger charge is -2.26. The third-order valence-corrected chi connectivity index (χ3v) is 3.24. The average molecular weight is 270 g/mol. The number of amides is 2. The van der Waals surface area contributed by atoms with Gasteiger partial charge in [-0.2, -0.15) is 0 Å². The molecule has 0 atom stereocenters. The lowest BCUT2D eigenvalue weighted by atomic mass is 10.0. The van der Waals surface area contributed by atoms with Crippen LogP contribution in [0.3, 0.4) is 0 Å². The van der Waals surface area contributed by atoms with Crippen LogP contribution < -0.4 is 10.2 Å². The van der Waals surface area contributed by atoms with Gasteiger partial charge in [-0.05, 0) is 37.1 Å². The minimum absolute atomic E-state index is 0.128. The van der Waals surface area contributed by atoms with Crippen molar-refractivity contribution in [3.05, 3.63) is 48.1 Å². The molecule has 1 aromatic carbocycles. The molecule has 0 saturated heterocycles. The summed E-state index contributed by atoms with van der Waals surface area (Å²) in [5.41, 5.74) is 2.76. The first kappa shape index (κ1) is 14.1. The van der Waals surface area contributed by atoms with Gasteiger partial charge in [-0.25, -0.2) is 0 Å². The molecule has 1 heterocycles. The first-order valence-electron chi connectivity index (χ1n) is 6.61. The molecule has 20 heavy (non-hydrogen) atoms. The third kappa shape index (κ3) is 3.15. The number of carbonyl (C=O) groups excluding carboxylic acids is 2. The van der Waals surface area contributed by atoms with Crippen molar-refractivity contribution in [1.29, 1.82) is 0 Å². The molecule has 0 aromatic heterocycles. The maximum absolute atomic E-state index is 11.7. The highest BCUT2D eigenvalue weighted by molar-refractivity contribution is 6.00. The maximum atomic E-state index is 11.7. The normalized spacial score (nSPS) is 14.9. The van der Waals surface area contributed by atoms with Crippen LogP contribution in [0.15, 0.2) is 42.5 Å². The van der Waals surface area contributed by atoms with E-state index in [4.69, 9.17) is 0 Å². The van der Waals surface area contributed by atoms with Crippen LogP contribution >= 0.6 is 0 Å². The summed E-state index contributed by atoms with van der Waals surface area (Å²) >= 11 is 0. The summed E-state index contributed by atoms with van der Waals surface area (Å²) in [4.78, 5) is 24.9. The molecule has 1 aromatic rings. The molecule has 1 aliphatic heterocycles. The summed E-state index contributed by atoms with van der Waals surface area (Å²) in [6.45, 7) is 1.89. The van der Waals surface area contributed by atoms with E-state index in [0.29, 0.717) is 6.42 Å². The SMILES string of the molecule is C/C=C/C=C/C(=O)Nc1ccc2c(c1)CCC(=O)N2C. The summed E-state index contributed by atoms with van der Waals surface area (Å²) < 4.78 is 0. The number of rotatable bonds is 3. The second kappa shape index (κ2) is 6.19. The van der Waals surface area contributed by atoms with Crippen LogP contribution in [0, 0.1) is 0 Å². The molecule has 4 nitrogen and oxygen atoms in total. The number of carbonyl (C=O) groups is 2. The molecule has 0 aliphatic carbocycles. The van der Waals surface area contributed by atoms with E-state index >= 15 is 0 Å². The lowest BCUT2D eigenvalue weighted by Crippen LogP contribution is -2.31. The van der Waals surface area contributed by atoms with Gasteiger partial charge in [0.1, 0.15) is 0 Å². The van der Waals surface area contributed by atoms with Crippen molar-refractivity contribution in [2.45, 2.75) is 19.8 Å². The van der Waals surface area contributed by atoms with Crippen molar-refractivity contribution in [1.82, 2.24) is 0 Å². The van der Waals surface area contributed by atoms with Gasteiger partial charge in [0.05, 0.1) is 0 Å². The lowest BCUT2D eigenvalue weighted by molar-refractivity contribution is -0.118. The number of benzene rings is 1. The Labute approximate surface area is 118 Å². The maximum Gasteiger partial charge on any atom is 0.248 e. The first-order valence-corrected chi connectivity index (χ1v) is 6.61. The monoisotopic (exact) mass is 270 g/mol. The summed E-state index contributed by atoms with van der Waals surface area (Å²) in [7, 11) is 1.78. The predicted octanol–water partition coefficient (Wildman–Crippen LogP) is 2.67. The minimum atomic E-state index is -0.164. The van der Waals surface area contributed by atoms with Gasteiger partial charge >= 0.3 is 0 Å². The number of aryl methyl sites for hydroxylation is 1. The van der Waals surface area contributed by atoms with Gasteiger partial charge in [-0.15, -0.1) is 0 Å². The zero-order valence-corrected chi connectivity index (χ0v) is 11.7. The Kier molecular flexibility index (Phi) is 4.35. The van der Waals surface area contributed by atoms with E-state index in [2.05, 4.69) is 5.32 Å². The highest BCUT2D eigenvalue weighted by Gasteiger charge is 2.20. The molecule has 4 heteroatoms. The van der Waals surface area contributed by atoms with Crippen LogP contribution in [0.25, 0.3) is 0 Å². The van der Waals surface area contributed by atoms with Gasteiger partial charge in [0.15, 0.2) is 0 Å². The number of fused-ring (bicyclic) bond motifs is 1. The average Bonchev–Trinajstić information content (AvgIpc) is 2.43. The van der Waals surface area contributed by atoms with E-state index in [1.807, 2.05) is 31.2 Å². The molecular weight excluding hydrogens is 252 g/mol. The molecule has 0 saturated carbocycles. The van der Waals surface area contributed by atoms with Gasteiger partial charge in [0, 0.05) is 30.9 Å². The highest BCUT2D eigenvalue weighted by atomic mass is 16.2. The predicted molar refractivity (Wildman–Crippen MR) is 80.8 cm³/mol. The van der Waals surface area contributed by atoms with Crippen LogP contribution in [0.1, 0.15) is 18.9 Å². The Hall–Kier alpha value is -2.36. The number of hydrogen-bond acceptors (Lipinski definition) is 2. The topological polar surface area (TPSA) is 49.4 Å². The fourth-order valence-electron chi connectivity index (χ4n) is 2.17. The quantitative estimate of drug-likeness (QED) is 0.678. The van der Waals surface area contributed by atoms with Crippen molar-refractivity contribution in [2.75, 3.05) is 17.3 Å². The second-order valence-electron chi connectivity index (χ2n) is 4.67. The summed E-state index contributed by atoms with van der Waals surface area (Å²) in [5.74, 6) is -0.0353. The smallest absolute Gasteiger partial charge is 0.248 e. The van der Waals surface area contributed by atoms with Crippen LogP contribution in [-0.4, -0.2) is 18.9 Å². The molecule has 0 bridgehead atoms. The van der Waals surface area contributed by atoms with Crippen molar-refractivity contribution in [3.8, 4) is 0 Å². The molecule has 0 radical (unpaired) electrons. The van der Waals surface area contributed by atoms with E-state index in [0.717, 1.165) is 23.4 Å². The zero-order valence-electron chi connectivity index (χ0n) is 11.7. The number of anilines is 2. The van der Waals surface area contributed by atoms with Crippen molar-refractivity contribution >= 4 is 23.2 Å². The molecule has 2 amide bonds. The Morgan fingerprint density at radius 3 is 2.85 bits per heavy atom. The summed E-state index contributed by atoms with van der Waals surface area (Å²) in [6.07, 6.45) is 8.07. The molecule has 1 aliphatic rings. The molecule has 0 spiro atoms. The van der Waals surface area contributed by atoms with Gasteiger partial charge in [0.2, 0.25) is 11.8 Å². The van der Waals surface area contributed by atoms with E-state index in [1.54, 1.807) is 24.1 Å². The number of hydrogen-bond donors (Lipinski definition) is 1. The van der Waals surface area contributed by atoms with Gasteiger partial charge in [-0.1, -0.05) is 18.2 Å². The molecular formula is C16H18N2O2. The molecule has 0 unspecified atom stereocenters. The second-order valence-corrected chi connectivity index (χ2v) is 4.67. The van der Waals surface area contributed by atoms with Crippen molar-refractivity contribution < 1.29 is 9.59 Å². The summed E-state index contributed by atoms with van der Waals surface area (Å²) in [5, 5.41) is 2.81. The zero-order chi connectivity index (χ0) is 14.5. The Morgan fingerprint density at radius 1 is 1.30 bits per heavy atom. The van der Waals surface area contributed by atoms with Crippen molar-refractivity contribution in [2.24, 2.45) is 0 Å². The fraction of sp³-hybridized carbons (Fsp3) is 0.250. The highest BCUT2D eigenvalue weighted by Crippen LogP contribution is 2.29. The van der Waals surface area contributed by atoms with E-state index in [1.165, 1.54) is 6.08 Å². The van der Waals surface area contributed by atoms with Crippen LogP contribution in [0.4, 0.5) is 11.4 Å². The van der Waals surface area contributed by atoms with Crippen molar-refractivity contribution in [3.63, 3.8) is 0 Å². The molecule has 1 N–H and O–H groups in total. The fourth-order valence-corrected chi connectivity index (χ4v) is 2.17. The standard InChI is InChI=1S/C16H18N2O2/c1-3-4-5-6-15(19)17-13-8-9-14-12(11-13)7-10-16(20)18(14)2/h3-6,8-9,11H,7,10H2,1-2H3,(H,17,19)/b4-3+,6-5+. The van der Waals surface area contributed by atoms with E-state index in [9.17, 15) is 9.59 Å². The van der Waals surface area contributed by atoms with E-state index < -0.39 is 0 Å². The van der Waals surface area contributed by atoms with Gasteiger partial charge < -0.3 is 10.2 Å². The van der Waals surface area contributed by atoms with Crippen LogP contribution in [0.2, 0.25) is 0 Å². The third-order valence-electron chi connectivity index (χ3n) is 3.24.